The Morgan fingerprint density at radius 1 is 1.38 bits per heavy atom. The van der Waals surface area contributed by atoms with E-state index in [-0.39, 0.29) is 30.2 Å². The molecule has 0 bridgehead atoms. The fraction of sp³-hybridized carbons (Fsp3) is 0.400. The molecular weight excluding hydrogens is 338 g/mol. The molecule has 0 fully saturated rings. The van der Waals surface area contributed by atoms with Crippen molar-refractivity contribution in [1.29, 1.82) is 0 Å². The highest BCUT2D eigenvalue weighted by atomic mass is 35.5. The van der Waals surface area contributed by atoms with Gasteiger partial charge in [0.1, 0.15) is 12.2 Å². The molecule has 0 atom stereocenters. The molecule has 2 aromatic rings. The predicted octanol–water partition coefficient (Wildman–Crippen LogP) is 2.48. The van der Waals surface area contributed by atoms with Crippen LogP contribution in [0.25, 0.3) is 11.0 Å². The van der Waals surface area contributed by atoms with Gasteiger partial charge in [-0.15, -0.1) is 0 Å². The second-order valence-electron chi connectivity index (χ2n) is 5.96. The number of hydrogen-bond acceptors (Lipinski definition) is 6. The smallest absolute Gasteiger partial charge is 0.407 e. The molecule has 24 heavy (non-hydrogen) atoms. The number of primary amides is 1. The number of ether oxygens (including phenoxy) is 2. The molecule has 0 radical (unpaired) electrons. The number of hydrogen-bond donors (Lipinski definition) is 2. The number of aromatic nitrogens is 1. The maximum Gasteiger partial charge on any atom is 0.407 e. The third-order valence-electron chi connectivity index (χ3n) is 2.78. The first-order valence-electron chi connectivity index (χ1n) is 7.16. The van der Waals surface area contributed by atoms with Crippen LogP contribution in [0.4, 0.5) is 4.79 Å². The highest BCUT2D eigenvalue weighted by molar-refractivity contribution is 6.32. The summed E-state index contributed by atoms with van der Waals surface area (Å²) in [5, 5.41) is 7.02. The minimum absolute atomic E-state index is 0.117. The zero-order valence-electron chi connectivity index (χ0n) is 13.5. The lowest BCUT2D eigenvalue weighted by molar-refractivity contribution is 0.0519. The van der Waals surface area contributed by atoms with Crippen molar-refractivity contribution < 1.29 is 23.6 Å². The second kappa shape index (κ2) is 6.96. The van der Waals surface area contributed by atoms with E-state index in [2.05, 4.69) is 10.5 Å². The molecular formula is C15H18ClN3O5. The molecule has 130 valence electrons. The SMILES string of the molecule is CC(C)(C)OC(=O)NCCOc1noc2c(C(N)=O)cc(Cl)cc12. The summed E-state index contributed by atoms with van der Waals surface area (Å²) in [6.45, 7) is 5.63. The quantitative estimate of drug-likeness (QED) is 0.796. The Kier molecular flexibility index (Phi) is 5.18. The average molecular weight is 356 g/mol. The van der Waals surface area contributed by atoms with Crippen LogP contribution in [0.15, 0.2) is 16.7 Å². The van der Waals surface area contributed by atoms with E-state index in [1.54, 1.807) is 26.8 Å². The number of nitrogens with one attached hydrogen (secondary N) is 1. The number of fused-ring (bicyclic) bond motifs is 1. The van der Waals surface area contributed by atoms with Crippen molar-refractivity contribution in [2.24, 2.45) is 5.73 Å². The van der Waals surface area contributed by atoms with Crippen LogP contribution in [-0.2, 0) is 4.74 Å². The van der Waals surface area contributed by atoms with Gasteiger partial charge in [-0.2, -0.15) is 0 Å². The summed E-state index contributed by atoms with van der Waals surface area (Å²) in [5.74, 6) is -0.530. The Balaban J connectivity index is 1.99. The molecule has 0 aliphatic rings. The number of carbonyl (C=O) groups is 2. The first-order chi connectivity index (χ1) is 11.2. The summed E-state index contributed by atoms with van der Waals surface area (Å²) >= 11 is 5.95. The molecule has 2 rings (SSSR count). The van der Waals surface area contributed by atoms with Crippen LogP contribution >= 0.6 is 11.6 Å². The zero-order chi connectivity index (χ0) is 17.9. The van der Waals surface area contributed by atoms with E-state index in [1.807, 2.05) is 0 Å². The third kappa shape index (κ3) is 4.51. The molecule has 0 spiro atoms. The van der Waals surface area contributed by atoms with Crippen LogP contribution in [-0.4, -0.2) is 35.9 Å². The molecule has 0 saturated heterocycles. The molecule has 0 aliphatic heterocycles. The van der Waals surface area contributed by atoms with Gasteiger partial charge < -0.3 is 25.0 Å². The fourth-order valence-electron chi connectivity index (χ4n) is 1.89. The number of halogens is 1. The fourth-order valence-corrected chi connectivity index (χ4v) is 2.11. The van der Waals surface area contributed by atoms with Crippen molar-refractivity contribution in [2.75, 3.05) is 13.2 Å². The van der Waals surface area contributed by atoms with Crippen molar-refractivity contribution in [3.8, 4) is 5.88 Å². The van der Waals surface area contributed by atoms with Gasteiger partial charge >= 0.3 is 6.09 Å². The predicted molar refractivity (Wildman–Crippen MR) is 87.3 cm³/mol. The molecule has 3 N–H and O–H groups in total. The topological polar surface area (TPSA) is 117 Å². The zero-order valence-corrected chi connectivity index (χ0v) is 14.3. The lowest BCUT2D eigenvalue weighted by Gasteiger charge is -2.19. The van der Waals surface area contributed by atoms with E-state index < -0.39 is 17.6 Å². The summed E-state index contributed by atoms with van der Waals surface area (Å²) in [6.07, 6.45) is -0.546. The van der Waals surface area contributed by atoms with Gasteiger partial charge in [-0.3, -0.25) is 4.79 Å². The van der Waals surface area contributed by atoms with Crippen molar-refractivity contribution >= 4 is 34.6 Å². The Labute approximate surface area is 143 Å². The minimum Gasteiger partial charge on any atom is -0.473 e. The number of rotatable bonds is 5. The normalized spacial score (nSPS) is 11.3. The second-order valence-corrected chi connectivity index (χ2v) is 6.40. The van der Waals surface area contributed by atoms with E-state index in [9.17, 15) is 9.59 Å². The van der Waals surface area contributed by atoms with Crippen LogP contribution in [0.3, 0.4) is 0 Å². The molecule has 1 aromatic heterocycles. The van der Waals surface area contributed by atoms with Crippen LogP contribution < -0.4 is 15.8 Å². The van der Waals surface area contributed by atoms with E-state index in [0.29, 0.717) is 10.4 Å². The van der Waals surface area contributed by atoms with Gasteiger partial charge in [0.15, 0.2) is 5.58 Å². The number of carbonyl (C=O) groups excluding carboxylic acids is 2. The van der Waals surface area contributed by atoms with Crippen molar-refractivity contribution in [1.82, 2.24) is 10.5 Å². The standard InChI is InChI=1S/C15H18ClN3O5/c1-15(2,3)23-14(21)18-4-5-22-13-10-7-8(16)6-9(12(17)20)11(10)24-19-13/h6-7H,4-5H2,1-3H3,(H2,17,20)(H,18,21). The Bertz CT molecular complexity index is 766. The van der Waals surface area contributed by atoms with Crippen molar-refractivity contribution in [3.63, 3.8) is 0 Å². The third-order valence-corrected chi connectivity index (χ3v) is 3.00. The molecule has 8 nitrogen and oxygen atoms in total. The number of amides is 2. The van der Waals surface area contributed by atoms with E-state index in [0.717, 1.165) is 0 Å². The van der Waals surface area contributed by atoms with E-state index in [1.165, 1.54) is 6.07 Å². The highest BCUT2D eigenvalue weighted by Crippen LogP contribution is 2.30. The first kappa shape index (κ1) is 17.9. The van der Waals surface area contributed by atoms with Gasteiger partial charge in [-0.1, -0.05) is 11.6 Å². The van der Waals surface area contributed by atoms with Gasteiger partial charge in [-0.05, 0) is 38.1 Å². The molecule has 9 heteroatoms. The highest BCUT2D eigenvalue weighted by Gasteiger charge is 2.18. The lowest BCUT2D eigenvalue weighted by Crippen LogP contribution is -2.34. The average Bonchev–Trinajstić information content (AvgIpc) is 2.83. The summed E-state index contributed by atoms with van der Waals surface area (Å²) in [4.78, 5) is 22.9. The number of nitrogens with two attached hydrogens (primary N) is 1. The summed E-state index contributed by atoms with van der Waals surface area (Å²) in [5.41, 5.74) is 5.02. The Hall–Kier alpha value is -2.48. The minimum atomic E-state index is -0.684. The van der Waals surface area contributed by atoms with Gasteiger partial charge in [0.05, 0.1) is 17.5 Å². The summed E-state index contributed by atoms with van der Waals surface area (Å²) in [6, 6.07) is 2.95. The number of nitrogens with zero attached hydrogens (tertiary/aromatic N) is 1. The molecule has 1 aromatic carbocycles. The van der Waals surface area contributed by atoms with E-state index >= 15 is 0 Å². The molecule has 1 heterocycles. The lowest BCUT2D eigenvalue weighted by atomic mass is 10.1. The maximum atomic E-state index is 11.5. The van der Waals surface area contributed by atoms with E-state index in [4.69, 9.17) is 31.3 Å². The Morgan fingerprint density at radius 3 is 2.71 bits per heavy atom. The van der Waals surface area contributed by atoms with Crippen LogP contribution in [0.1, 0.15) is 31.1 Å². The molecule has 0 saturated carbocycles. The summed E-state index contributed by atoms with van der Waals surface area (Å²) in [7, 11) is 0. The monoisotopic (exact) mass is 355 g/mol. The van der Waals surface area contributed by atoms with Crippen LogP contribution in [0, 0.1) is 0 Å². The molecule has 0 aliphatic carbocycles. The van der Waals surface area contributed by atoms with Crippen molar-refractivity contribution in [2.45, 2.75) is 26.4 Å². The maximum absolute atomic E-state index is 11.5. The first-order valence-corrected chi connectivity index (χ1v) is 7.53. The van der Waals surface area contributed by atoms with Crippen LogP contribution in [0.5, 0.6) is 5.88 Å². The number of benzene rings is 1. The van der Waals surface area contributed by atoms with Gasteiger partial charge in [0.2, 0.25) is 0 Å². The van der Waals surface area contributed by atoms with Gasteiger partial charge in [0.25, 0.3) is 11.8 Å². The molecule has 2 amide bonds. The van der Waals surface area contributed by atoms with Gasteiger partial charge in [0, 0.05) is 5.02 Å². The molecule has 0 unspecified atom stereocenters. The van der Waals surface area contributed by atoms with Crippen molar-refractivity contribution in [3.05, 3.63) is 22.7 Å². The largest absolute Gasteiger partial charge is 0.473 e. The Morgan fingerprint density at radius 2 is 2.08 bits per heavy atom. The van der Waals surface area contributed by atoms with Crippen LogP contribution in [0.2, 0.25) is 5.02 Å². The number of alkyl carbamates (subject to hydrolysis) is 1. The van der Waals surface area contributed by atoms with Gasteiger partial charge in [-0.25, -0.2) is 4.79 Å². The summed E-state index contributed by atoms with van der Waals surface area (Å²) < 4.78 is 15.6.